The van der Waals surface area contributed by atoms with Crippen LogP contribution in [-0.2, 0) is 17.7 Å². The normalized spacial score (nSPS) is 14.4. The Morgan fingerprint density at radius 2 is 2.00 bits per heavy atom. The van der Waals surface area contributed by atoms with E-state index in [-0.39, 0.29) is 6.09 Å². The van der Waals surface area contributed by atoms with E-state index >= 15 is 0 Å². The van der Waals surface area contributed by atoms with Gasteiger partial charge in [-0.1, -0.05) is 0 Å². The molecule has 2 rings (SSSR count). The Hall–Kier alpha value is -2.04. The molecule has 0 aliphatic carbocycles. The Morgan fingerprint density at radius 3 is 2.57 bits per heavy atom. The lowest BCUT2D eigenvalue weighted by molar-refractivity contribution is 0.0223. The highest BCUT2D eigenvalue weighted by atomic mass is 16.6. The lowest BCUT2D eigenvalue weighted by Gasteiger charge is -2.31. The third-order valence-corrected chi connectivity index (χ3v) is 3.34. The summed E-state index contributed by atoms with van der Waals surface area (Å²) < 4.78 is 10.6. The molecule has 1 aromatic carbocycles. The van der Waals surface area contributed by atoms with E-state index in [1.54, 1.807) is 4.90 Å². The number of hydrogen-bond donors (Lipinski definition) is 0. The molecule has 5 heteroatoms. The van der Waals surface area contributed by atoms with E-state index in [4.69, 9.17) is 9.47 Å². The summed E-state index contributed by atoms with van der Waals surface area (Å²) in [5.41, 5.74) is 2.12. The number of aldehydes is 1. The van der Waals surface area contributed by atoms with Crippen molar-refractivity contribution in [2.24, 2.45) is 0 Å². The summed E-state index contributed by atoms with van der Waals surface area (Å²) in [7, 11) is 1.53. The van der Waals surface area contributed by atoms with Crippen molar-refractivity contribution in [2.75, 3.05) is 13.7 Å². The zero-order valence-corrected chi connectivity index (χ0v) is 12.9. The summed E-state index contributed by atoms with van der Waals surface area (Å²) >= 11 is 0. The van der Waals surface area contributed by atoms with Gasteiger partial charge in [-0.05, 0) is 50.5 Å². The second-order valence-electron chi connectivity index (χ2n) is 6.13. The molecular formula is C16H21NO4. The number of methoxy groups -OCH3 is 1. The molecule has 0 spiro atoms. The number of carbonyl (C=O) groups excluding carboxylic acids is 2. The minimum Gasteiger partial charge on any atom is -0.496 e. The number of rotatable bonds is 2. The minimum atomic E-state index is -0.504. The molecule has 1 amide bonds. The first-order valence-electron chi connectivity index (χ1n) is 6.97. The predicted molar refractivity (Wildman–Crippen MR) is 78.7 cm³/mol. The number of ether oxygens (including phenoxy) is 2. The van der Waals surface area contributed by atoms with Gasteiger partial charge in [0.15, 0.2) is 6.29 Å². The van der Waals surface area contributed by atoms with Gasteiger partial charge < -0.3 is 14.4 Å². The summed E-state index contributed by atoms with van der Waals surface area (Å²) in [6, 6.07) is 3.67. The average molecular weight is 291 g/mol. The quantitative estimate of drug-likeness (QED) is 0.786. The van der Waals surface area contributed by atoms with Gasteiger partial charge in [0, 0.05) is 13.1 Å². The molecule has 0 saturated carbocycles. The van der Waals surface area contributed by atoms with Crippen LogP contribution < -0.4 is 4.74 Å². The largest absolute Gasteiger partial charge is 0.496 e. The van der Waals surface area contributed by atoms with Gasteiger partial charge in [0.05, 0.1) is 12.7 Å². The molecule has 0 radical (unpaired) electrons. The van der Waals surface area contributed by atoms with Crippen molar-refractivity contribution >= 4 is 12.4 Å². The van der Waals surface area contributed by atoms with Crippen molar-refractivity contribution in [1.29, 1.82) is 0 Å². The lowest BCUT2D eigenvalue weighted by Crippen LogP contribution is -2.39. The molecule has 21 heavy (non-hydrogen) atoms. The van der Waals surface area contributed by atoms with E-state index in [0.717, 1.165) is 17.4 Å². The van der Waals surface area contributed by atoms with E-state index in [2.05, 4.69) is 0 Å². The van der Waals surface area contributed by atoms with Gasteiger partial charge in [0.25, 0.3) is 0 Å². The summed E-state index contributed by atoms with van der Waals surface area (Å²) in [4.78, 5) is 24.8. The van der Waals surface area contributed by atoms with Crippen LogP contribution in [0.4, 0.5) is 4.79 Å². The first kappa shape index (κ1) is 15.4. The molecule has 114 valence electrons. The van der Waals surface area contributed by atoms with Crippen LogP contribution in [0.25, 0.3) is 0 Å². The maximum atomic E-state index is 12.1. The number of hydrogen-bond acceptors (Lipinski definition) is 4. The van der Waals surface area contributed by atoms with E-state index in [1.165, 1.54) is 7.11 Å². The highest BCUT2D eigenvalue weighted by Gasteiger charge is 2.26. The fraction of sp³-hybridized carbons (Fsp3) is 0.500. The van der Waals surface area contributed by atoms with E-state index in [0.29, 0.717) is 30.8 Å². The van der Waals surface area contributed by atoms with Gasteiger partial charge in [-0.3, -0.25) is 4.79 Å². The number of carbonyl (C=O) groups is 2. The Balaban J connectivity index is 2.20. The second kappa shape index (κ2) is 5.76. The van der Waals surface area contributed by atoms with Crippen molar-refractivity contribution in [3.05, 3.63) is 28.8 Å². The zero-order valence-electron chi connectivity index (χ0n) is 12.9. The molecule has 0 fully saturated rings. The second-order valence-corrected chi connectivity index (χ2v) is 6.13. The number of benzene rings is 1. The molecule has 0 aromatic heterocycles. The van der Waals surface area contributed by atoms with E-state index < -0.39 is 5.60 Å². The molecule has 0 saturated heterocycles. The van der Waals surface area contributed by atoms with Gasteiger partial charge in [-0.25, -0.2) is 4.79 Å². The molecule has 0 N–H and O–H groups in total. The predicted octanol–water partition coefficient (Wildman–Crippen LogP) is 2.80. The SMILES string of the molecule is COc1cc2c(cc1C=O)CCN(C(=O)OC(C)(C)C)C2. The molecular weight excluding hydrogens is 270 g/mol. The molecule has 1 aliphatic rings. The average Bonchev–Trinajstić information content (AvgIpc) is 2.43. The Labute approximate surface area is 124 Å². The van der Waals surface area contributed by atoms with Gasteiger partial charge in [0.2, 0.25) is 0 Å². The minimum absolute atomic E-state index is 0.313. The van der Waals surface area contributed by atoms with Crippen molar-refractivity contribution in [3.8, 4) is 5.75 Å². The summed E-state index contributed by atoms with van der Waals surface area (Å²) in [6.45, 7) is 6.61. The van der Waals surface area contributed by atoms with Gasteiger partial charge in [-0.15, -0.1) is 0 Å². The highest BCUT2D eigenvalue weighted by molar-refractivity contribution is 5.80. The third kappa shape index (κ3) is 3.54. The van der Waals surface area contributed by atoms with Crippen LogP contribution in [0.3, 0.4) is 0 Å². The van der Waals surface area contributed by atoms with Crippen LogP contribution in [-0.4, -0.2) is 36.5 Å². The molecule has 5 nitrogen and oxygen atoms in total. The van der Waals surface area contributed by atoms with Crippen LogP contribution in [0.5, 0.6) is 5.75 Å². The maximum absolute atomic E-state index is 12.1. The van der Waals surface area contributed by atoms with Crippen LogP contribution >= 0.6 is 0 Å². The monoisotopic (exact) mass is 291 g/mol. The molecule has 0 unspecified atom stereocenters. The van der Waals surface area contributed by atoms with Crippen LogP contribution in [0.15, 0.2) is 12.1 Å². The van der Waals surface area contributed by atoms with Gasteiger partial charge in [-0.2, -0.15) is 0 Å². The highest BCUT2D eigenvalue weighted by Crippen LogP contribution is 2.27. The Bertz CT molecular complexity index is 560. The van der Waals surface area contributed by atoms with Gasteiger partial charge >= 0.3 is 6.09 Å². The fourth-order valence-corrected chi connectivity index (χ4v) is 2.36. The molecule has 1 heterocycles. The van der Waals surface area contributed by atoms with Crippen LogP contribution in [0, 0.1) is 0 Å². The van der Waals surface area contributed by atoms with E-state index in [9.17, 15) is 9.59 Å². The lowest BCUT2D eigenvalue weighted by atomic mass is 9.97. The summed E-state index contributed by atoms with van der Waals surface area (Å²) in [5.74, 6) is 0.537. The number of nitrogens with zero attached hydrogens (tertiary/aromatic N) is 1. The molecule has 0 bridgehead atoms. The first-order chi connectivity index (χ1) is 9.84. The van der Waals surface area contributed by atoms with Crippen molar-refractivity contribution in [1.82, 2.24) is 4.90 Å². The Morgan fingerprint density at radius 1 is 1.29 bits per heavy atom. The maximum Gasteiger partial charge on any atom is 0.410 e. The van der Waals surface area contributed by atoms with E-state index in [1.807, 2.05) is 32.9 Å². The Kier molecular flexibility index (Phi) is 4.21. The fourth-order valence-electron chi connectivity index (χ4n) is 2.36. The molecule has 0 atom stereocenters. The molecule has 1 aliphatic heterocycles. The van der Waals surface area contributed by atoms with Crippen LogP contribution in [0.1, 0.15) is 42.3 Å². The zero-order chi connectivity index (χ0) is 15.6. The van der Waals surface area contributed by atoms with Crippen molar-refractivity contribution in [2.45, 2.75) is 39.3 Å². The van der Waals surface area contributed by atoms with Gasteiger partial charge in [0.1, 0.15) is 11.4 Å². The smallest absolute Gasteiger partial charge is 0.410 e. The summed E-state index contributed by atoms with van der Waals surface area (Å²) in [5, 5.41) is 0. The van der Waals surface area contributed by atoms with Crippen LogP contribution in [0.2, 0.25) is 0 Å². The van der Waals surface area contributed by atoms with Crippen molar-refractivity contribution in [3.63, 3.8) is 0 Å². The topological polar surface area (TPSA) is 55.8 Å². The molecule has 1 aromatic rings. The van der Waals surface area contributed by atoms with Crippen molar-refractivity contribution < 1.29 is 19.1 Å². The number of amides is 1. The standard InChI is InChI=1S/C16H21NO4/c1-16(2,3)21-15(19)17-6-5-11-7-13(10-18)14(20-4)8-12(11)9-17/h7-8,10H,5-6,9H2,1-4H3. The number of fused-ring (bicyclic) bond motifs is 1. The third-order valence-electron chi connectivity index (χ3n) is 3.34. The first-order valence-corrected chi connectivity index (χ1v) is 6.97. The summed E-state index contributed by atoms with van der Waals surface area (Å²) in [6.07, 6.45) is 1.19.